The molecule has 0 fully saturated rings. The number of methoxy groups -OCH3 is 1. The molecular formula is C24H16F2N4O3. The normalized spacial score (nSPS) is 11.1. The summed E-state index contributed by atoms with van der Waals surface area (Å²) in [6, 6.07) is 17.4. The van der Waals surface area contributed by atoms with Gasteiger partial charge in [0.15, 0.2) is 11.6 Å². The first-order chi connectivity index (χ1) is 16.0. The highest BCUT2D eigenvalue weighted by atomic mass is 19.2. The van der Waals surface area contributed by atoms with E-state index in [-0.39, 0.29) is 23.9 Å². The number of hydrogen-bond donors (Lipinski definition) is 0. The fourth-order valence-electron chi connectivity index (χ4n) is 3.49. The summed E-state index contributed by atoms with van der Waals surface area (Å²) in [6.45, 7) is -0.0938. The summed E-state index contributed by atoms with van der Waals surface area (Å²) >= 11 is 0. The van der Waals surface area contributed by atoms with Gasteiger partial charge < -0.3 is 9.15 Å². The molecule has 164 valence electrons. The van der Waals surface area contributed by atoms with Crippen LogP contribution in [0.25, 0.3) is 33.5 Å². The summed E-state index contributed by atoms with van der Waals surface area (Å²) in [5.41, 5.74) is 0.985. The second kappa shape index (κ2) is 8.27. The highest BCUT2D eigenvalue weighted by Gasteiger charge is 2.16. The molecule has 5 aromatic rings. The molecule has 0 unspecified atom stereocenters. The lowest BCUT2D eigenvalue weighted by molar-refractivity contribution is 0.415. The van der Waals surface area contributed by atoms with E-state index in [0.717, 1.165) is 12.1 Å². The third kappa shape index (κ3) is 3.84. The Labute approximate surface area is 185 Å². The number of halogens is 2. The van der Waals surface area contributed by atoms with E-state index in [1.54, 1.807) is 55.6 Å². The largest absolute Gasteiger partial charge is 0.497 e. The number of hydrogen-bond acceptors (Lipinski definition) is 6. The molecule has 3 aromatic carbocycles. The Balaban J connectivity index is 1.56. The van der Waals surface area contributed by atoms with E-state index < -0.39 is 11.6 Å². The van der Waals surface area contributed by atoms with Crippen molar-refractivity contribution in [1.82, 2.24) is 20.0 Å². The first kappa shape index (κ1) is 20.5. The standard InChI is InChI=1S/C24H16F2N4O3/c1-32-16-9-6-14(7-10-16)23-28-27-21(33-23)13-30-24(31)18-5-3-2-4-17(18)22(29-30)15-8-11-19(25)20(26)12-15/h2-12H,13H2,1H3. The number of nitrogens with zero attached hydrogens (tertiary/aromatic N) is 4. The number of benzene rings is 3. The fourth-order valence-corrected chi connectivity index (χ4v) is 3.49. The van der Waals surface area contributed by atoms with Crippen LogP contribution in [-0.4, -0.2) is 27.1 Å². The van der Waals surface area contributed by atoms with Crippen LogP contribution >= 0.6 is 0 Å². The average Bonchev–Trinajstić information content (AvgIpc) is 3.31. The minimum absolute atomic E-state index is 0.0938. The molecule has 2 heterocycles. The molecule has 0 aliphatic rings. The Morgan fingerprint density at radius 2 is 1.64 bits per heavy atom. The van der Waals surface area contributed by atoms with E-state index in [2.05, 4.69) is 15.3 Å². The zero-order valence-electron chi connectivity index (χ0n) is 17.3. The van der Waals surface area contributed by atoms with Gasteiger partial charge in [0.05, 0.1) is 18.2 Å². The van der Waals surface area contributed by atoms with Crippen LogP contribution in [0.5, 0.6) is 5.75 Å². The second-order valence-corrected chi connectivity index (χ2v) is 7.22. The molecule has 0 aliphatic carbocycles. The summed E-state index contributed by atoms with van der Waals surface area (Å²) in [7, 11) is 1.57. The van der Waals surface area contributed by atoms with E-state index in [9.17, 15) is 13.6 Å². The van der Waals surface area contributed by atoms with Crippen molar-refractivity contribution in [2.24, 2.45) is 0 Å². The lowest BCUT2D eigenvalue weighted by Gasteiger charge is -2.10. The first-order valence-corrected chi connectivity index (χ1v) is 9.95. The van der Waals surface area contributed by atoms with Crippen LogP contribution in [0.15, 0.2) is 75.9 Å². The van der Waals surface area contributed by atoms with Gasteiger partial charge in [0.2, 0.25) is 11.8 Å². The maximum Gasteiger partial charge on any atom is 0.275 e. The van der Waals surface area contributed by atoms with Gasteiger partial charge in [-0.2, -0.15) is 5.10 Å². The molecule has 5 rings (SSSR count). The Morgan fingerprint density at radius 1 is 0.909 bits per heavy atom. The van der Waals surface area contributed by atoms with Crippen LogP contribution in [0.4, 0.5) is 8.78 Å². The zero-order valence-corrected chi connectivity index (χ0v) is 17.3. The molecule has 0 amide bonds. The van der Waals surface area contributed by atoms with Crippen molar-refractivity contribution in [2.45, 2.75) is 6.54 Å². The minimum Gasteiger partial charge on any atom is -0.497 e. The second-order valence-electron chi connectivity index (χ2n) is 7.22. The van der Waals surface area contributed by atoms with Crippen molar-refractivity contribution in [2.75, 3.05) is 7.11 Å². The highest BCUT2D eigenvalue weighted by Crippen LogP contribution is 2.26. The molecule has 0 saturated heterocycles. The highest BCUT2D eigenvalue weighted by molar-refractivity contribution is 5.93. The maximum atomic E-state index is 13.9. The monoisotopic (exact) mass is 446 g/mol. The Bertz CT molecular complexity index is 1530. The van der Waals surface area contributed by atoms with Gasteiger partial charge in [-0.3, -0.25) is 4.79 Å². The third-order valence-electron chi connectivity index (χ3n) is 5.15. The van der Waals surface area contributed by atoms with E-state index in [1.165, 1.54) is 10.7 Å². The third-order valence-corrected chi connectivity index (χ3v) is 5.15. The fraction of sp³-hybridized carbons (Fsp3) is 0.0833. The smallest absolute Gasteiger partial charge is 0.275 e. The summed E-state index contributed by atoms with van der Waals surface area (Å²) < 4.78 is 39.4. The molecule has 9 heteroatoms. The van der Waals surface area contributed by atoms with Crippen molar-refractivity contribution < 1.29 is 17.9 Å². The summed E-state index contributed by atoms with van der Waals surface area (Å²) in [5.74, 6) is -0.829. The predicted molar refractivity (Wildman–Crippen MR) is 117 cm³/mol. The molecule has 0 atom stereocenters. The van der Waals surface area contributed by atoms with E-state index in [0.29, 0.717) is 33.3 Å². The van der Waals surface area contributed by atoms with Gasteiger partial charge in [-0.05, 0) is 48.5 Å². The Hall–Kier alpha value is -4.40. The van der Waals surface area contributed by atoms with Crippen molar-refractivity contribution in [3.05, 3.63) is 94.6 Å². The van der Waals surface area contributed by atoms with Gasteiger partial charge in [-0.15, -0.1) is 10.2 Å². The molecule has 0 radical (unpaired) electrons. The van der Waals surface area contributed by atoms with Crippen LogP contribution in [0.2, 0.25) is 0 Å². The van der Waals surface area contributed by atoms with Crippen LogP contribution < -0.4 is 10.3 Å². The van der Waals surface area contributed by atoms with Crippen molar-refractivity contribution in [3.63, 3.8) is 0 Å². The molecule has 7 nitrogen and oxygen atoms in total. The van der Waals surface area contributed by atoms with Crippen LogP contribution in [-0.2, 0) is 6.54 Å². The Kier molecular flexibility index (Phi) is 5.14. The van der Waals surface area contributed by atoms with Crippen molar-refractivity contribution in [3.8, 4) is 28.5 Å². The number of ether oxygens (including phenoxy) is 1. The minimum atomic E-state index is -1.00. The molecule has 0 saturated carbocycles. The van der Waals surface area contributed by atoms with Gasteiger partial charge in [-0.1, -0.05) is 18.2 Å². The Morgan fingerprint density at radius 3 is 2.36 bits per heavy atom. The summed E-state index contributed by atoms with van der Waals surface area (Å²) in [6.07, 6.45) is 0. The SMILES string of the molecule is COc1ccc(-c2nnc(Cn3nc(-c4ccc(F)c(F)c4)c4ccccc4c3=O)o2)cc1. The maximum absolute atomic E-state index is 13.9. The van der Waals surface area contributed by atoms with Crippen LogP contribution in [0.3, 0.4) is 0 Å². The average molecular weight is 446 g/mol. The van der Waals surface area contributed by atoms with Crippen molar-refractivity contribution >= 4 is 10.8 Å². The predicted octanol–water partition coefficient (Wildman–Crippen LogP) is 4.45. The quantitative estimate of drug-likeness (QED) is 0.397. The lowest BCUT2D eigenvalue weighted by atomic mass is 10.0. The topological polar surface area (TPSA) is 83.0 Å². The van der Waals surface area contributed by atoms with Gasteiger partial charge in [0.1, 0.15) is 12.3 Å². The van der Waals surface area contributed by atoms with Gasteiger partial charge in [-0.25, -0.2) is 13.5 Å². The molecule has 0 spiro atoms. The van der Waals surface area contributed by atoms with E-state index in [4.69, 9.17) is 9.15 Å². The summed E-state index contributed by atoms with van der Waals surface area (Å²) in [4.78, 5) is 13.0. The zero-order chi connectivity index (χ0) is 22.9. The molecular weight excluding hydrogens is 430 g/mol. The molecule has 0 aliphatic heterocycles. The number of fused-ring (bicyclic) bond motifs is 1. The van der Waals surface area contributed by atoms with E-state index >= 15 is 0 Å². The molecule has 0 N–H and O–H groups in total. The van der Waals surface area contributed by atoms with Crippen LogP contribution in [0, 0.1) is 11.6 Å². The van der Waals surface area contributed by atoms with Gasteiger partial charge in [0.25, 0.3) is 5.56 Å². The lowest BCUT2D eigenvalue weighted by Crippen LogP contribution is -2.24. The number of rotatable bonds is 5. The van der Waals surface area contributed by atoms with Crippen molar-refractivity contribution in [1.29, 1.82) is 0 Å². The van der Waals surface area contributed by atoms with Gasteiger partial charge >= 0.3 is 0 Å². The summed E-state index contributed by atoms with van der Waals surface area (Å²) in [5, 5.41) is 13.4. The van der Waals surface area contributed by atoms with E-state index in [1.807, 2.05) is 0 Å². The molecule has 33 heavy (non-hydrogen) atoms. The molecule has 2 aromatic heterocycles. The van der Waals surface area contributed by atoms with Crippen LogP contribution in [0.1, 0.15) is 5.89 Å². The first-order valence-electron chi connectivity index (χ1n) is 9.95. The molecule has 0 bridgehead atoms. The van der Waals surface area contributed by atoms with Gasteiger partial charge in [0, 0.05) is 16.5 Å². The number of aromatic nitrogens is 4.